The number of nitrogens with zero attached hydrogens (tertiary/aromatic N) is 2. The molecule has 1 aliphatic rings. The number of anilines is 1. The third-order valence-electron chi connectivity index (χ3n) is 4.22. The van der Waals surface area contributed by atoms with E-state index in [4.69, 9.17) is 0 Å². The Kier molecular flexibility index (Phi) is 5.22. The van der Waals surface area contributed by atoms with Crippen molar-refractivity contribution in [1.82, 2.24) is 10.3 Å². The van der Waals surface area contributed by atoms with Crippen LogP contribution in [-0.2, 0) is 9.84 Å². The molecule has 6 heteroatoms. The summed E-state index contributed by atoms with van der Waals surface area (Å²) in [6.45, 7) is 7.06. The third-order valence-corrected chi connectivity index (χ3v) is 5.34. The first kappa shape index (κ1) is 16.2. The zero-order valence-corrected chi connectivity index (χ0v) is 13.9. The van der Waals surface area contributed by atoms with E-state index in [2.05, 4.69) is 29.0 Å². The van der Waals surface area contributed by atoms with Crippen molar-refractivity contribution < 1.29 is 8.42 Å². The van der Waals surface area contributed by atoms with Crippen LogP contribution in [0.25, 0.3) is 0 Å². The number of hydrogen-bond donors (Lipinski definition) is 1. The van der Waals surface area contributed by atoms with Gasteiger partial charge in [-0.25, -0.2) is 13.4 Å². The summed E-state index contributed by atoms with van der Waals surface area (Å²) in [6.07, 6.45) is 5.03. The molecule has 1 unspecified atom stereocenters. The number of rotatable bonds is 5. The van der Waals surface area contributed by atoms with Crippen molar-refractivity contribution in [2.75, 3.05) is 30.8 Å². The van der Waals surface area contributed by atoms with Crippen LogP contribution in [0.3, 0.4) is 0 Å². The highest BCUT2D eigenvalue weighted by Crippen LogP contribution is 2.28. The molecule has 118 valence electrons. The number of hydrogen-bond acceptors (Lipinski definition) is 5. The van der Waals surface area contributed by atoms with Gasteiger partial charge in [0.15, 0.2) is 9.84 Å². The fourth-order valence-corrected chi connectivity index (χ4v) is 3.85. The number of nitrogens with one attached hydrogen (secondary N) is 1. The minimum Gasteiger partial charge on any atom is -0.356 e. The van der Waals surface area contributed by atoms with Gasteiger partial charge in [-0.2, -0.15) is 0 Å². The summed E-state index contributed by atoms with van der Waals surface area (Å²) in [5.41, 5.74) is 0. The predicted octanol–water partition coefficient (Wildman–Crippen LogP) is 1.70. The zero-order chi connectivity index (χ0) is 15.5. The minimum absolute atomic E-state index is 0.336. The van der Waals surface area contributed by atoms with Gasteiger partial charge in [-0.3, -0.25) is 0 Å². The Morgan fingerprint density at radius 1 is 1.43 bits per heavy atom. The lowest BCUT2D eigenvalue weighted by Gasteiger charge is -2.36. The van der Waals surface area contributed by atoms with Crippen LogP contribution in [0, 0.1) is 5.92 Å². The van der Waals surface area contributed by atoms with Crippen LogP contribution in [-0.4, -0.2) is 45.3 Å². The fraction of sp³-hybridized carbons (Fsp3) is 0.667. The molecule has 1 aromatic heterocycles. The van der Waals surface area contributed by atoms with E-state index >= 15 is 0 Å². The lowest BCUT2D eigenvalue weighted by molar-refractivity contribution is 0.313. The average Bonchev–Trinajstić information content (AvgIpc) is 2.47. The summed E-state index contributed by atoms with van der Waals surface area (Å²) in [5.74, 6) is 1.25. The normalized spacial score (nSPS) is 18.7. The van der Waals surface area contributed by atoms with Gasteiger partial charge < -0.3 is 10.2 Å². The molecule has 0 amide bonds. The zero-order valence-electron chi connectivity index (χ0n) is 13.0. The summed E-state index contributed by atoms with van der Waals surface area (Å²) in [4.78, 5) is 6.75. The Balaban J connectivity index is 2.10. The van der Waals surface area contributed by atoms with Crippen molar-refractivity contribution in [3.63, 3.8) is 0 Å². The third kappa shape index (κ3) is 3.95. The standard InChI is InChI=1S/C15H25N3O2S/c1-4-16-12(2)13-7-10-18(11-8-13)15-14(21(3,19)20)6-5-9-17-15/h5-6,9,12-13,16H,4,7-8,10-11H2,1-3H3. The number of pyridine rings is 1. The van der Waals surface area contributed by atoms with E-state index in [0.717, 1.165) is 32.5 Å². The Bertz CT molecular complexity index is 566. The molecular weight excluding hydrogens is 286 g/mol. The molecule has 5 nitrogen and oxygen atoms in total. The van der Waals surface area contributed by atoms with Crippen LogP contribution in [0.5, 0.6) is 0 Å². The molecule has 2 rings (SSSR count). The van der Waals surface area contributed by atoms with Gasteiger partial charge in [-0.1, -0.05) is 6.92 Å². The predicted molar refractivity (Wildman–Crippen MR) is 85.4 cm³/mol. The highest BCUT2D eigenvalue weighted by molar-refractivity contribution is 7.90. The molecule has 1 atom stereocenters. The highest BCUT2D eigenvalue weighted by atomic mass is 32.2. The van der Waals surface area contributed by atoms with Crippen LogP contribution in [0.1, 0.15) is 26.7 Å². The van der Waals surface area contributed by atoms with Crippen molar-refractivity contribution in [1.29, 1.82) is 0 Å². The monoisotopic (exact) mass is 311 g/mol. The first-order valence-electron chi connectivity index (χ1n) is 7.57. The van der Waals surface area contributed by atoms with Crippen LogP contribution in [0.4, 0.5) is 5.82 Å². The van der Waals surface area contributed by atoms with Crippen molar-refractivity contribution in [2.45, 2.75) is 37.6 Å². The molecule has 1 aromatic rings. The Labute approximate surface area is 127 Å². The summed E-state index contributed by atoms with van der Waals surface area (Å²) in [5, 5.41) is 3.48. The Hall–Kier alpha value is -1.14. The maximum Gasteiger partial charge on any atom is 0.179 e. The molecule has 1 N–H and O–H groups in total. The lowest BCUT2D eigenvalue weighted by atomic mass is 9.90. The summed E-state index contributed by atoms with van der Waals surface area (Å²) < 4.78 is 23.8. The van der Waals surface area contributed by atoms with Gasteiger partial charge in [0.1, 0.15) is 10.7 Å². The van der Waals surface area contributed by atoms with Crippen LogP contribution in [0.2, 0.25) is 0 Å². The van der Waals surface area contributed by atoms with E-state index in [1.807, 2.05) is 0 Å². The van der Waals surface area contributed by atoms with Gasteiger partial charge in [0.25, 0.3) is 0 Å². The van der Waals surface area contributed by atoms with Crippen LogP contribution >= 0.6 is 0 Å². The maximum atomic E-state index is 11.9. The molecule has 0 spiro atoms. The molecule has 0 aromatic carbocycles. The van der Waals surface area contributed by atoms with E-state index in [9.17, 15) is 8.42 Å². The van der Waals surface area contributed by atoms with Gasteiger partial charge in [-0.15, -0.1) is 0 Å². The molecule has 21 heavy (non-hydrogen) atoms. The van der Waals surface area contributed by atoms with Crippen molar-refractivity contribution in [2.24, 2.45) is 5.92 Å². The number of sulfone groups is 1. The second-order valence-electron chi connectivity index (χ2n) is 5.77. The molecule has 0 radical (unpaired) electrons. The Morgan fingerprint density at radius 2 is 2.10 bits per heavy atom. The maximum absolute atomic E-state index is 11.9. The van der Waals surface area contributed by atoms with Crippen molar-refractivity contribution in [3.8, 4) is 0 Å². The SMILES string of the molecule is CCNC(C)C1CCN(c2ncccc2S(C)(=O)=O)CC1. The molecule has 1 aliphatic heterocycles. The van der Waals surface area contributed by atoms with Gasteiger partial charge in [0.2, 0.25) is 0 Å². The van der Waals surface area contributed by atoms with Crippen LogP contribution < -0.4 is 10.2 Å². The quantitative estimate of drug-likeness (QED) is 0.897. The van der Waals surface area contributed by atoms with E-state index < -0.39 is 9.84 Å². The van der Waals surface area contributed by atoms with E-state index in [1.54, 1.807) is 18.3 Å². The van der Waals surface area contributed by atoms with Crippen LogP contribution in [0.15, 0.2) is 23.2 Å². The first-order chi connectivity index (χ1) is 9.93. The minimum atomic E-state index is -3.24. The second-order valence-corrected chi connectivity index (χ2v) is 7.75. The number of aromatic nitrogens is 1. The largest absolute Gasteiger partial charge is 0.356 e. The summed E-state index contributed by atoms with van der Waals surface area (Å²) in [6, 6.07) is 3.83. The van der Waals surface area contributed by atoms with E-state index in [-0.39, 0.29) is 0 Å². The average molecular weight is 311 g/mol. The van der Waals surface area contributed by atoms with Gasteiger partial charge in [0.05, 0.1) is 0 Å². The second kappa shape index (κ2) is 6.75. The molecule has 1 fully saturated rings. The first-order valence-corrected chi connectivity index (χ1v) is 9.46. The summed E-state index contributed by atoms with van der Waals surface area (Å²) >= 11 is 0. The molecule has 1 saturated heterocycles. The van der Waals surface area contributed by atoms with Crippen molar-refractivity contribution in [3.05, 3.63) is 18.3 Å². The molecule has 0 aliphatic carbocycles. The summed E-state index contributed by atoms with van der Waals surface area (Å²) in [7, 11) is -3.24. The molecule has 2 heterocycles. The topological polar surface area (TPSA) is 62.3 Å². The Morgan fingerprint density at radius 3 is 2.67 bits per heavy atom. The van der Waals surface area contributed by atoms with Gasteiger partial charge in [-0.05, 0) is 44.4 Å². The van der Waals surface area contributed by atoms with E-state index in [1.165, 1.54) is 6.26 Å². The smallest absolute Gasteiger partial charge is 0.179 e. The van der Waals surface area contributed by atoms with Gasteiger partial charge in [0, 0.05) is 31.6 Å². The molecule has 0 bridgehead atoms. The van der Waals surface area contributed by atoms with Crippen molar-refractivity contribution >= 4 is 15.7 Å². The van der Waals surface area contributed by atoms with E-state index in [0.29, 0.717) is 22.7 Å². The number of piperidine rings is 1. The fourth-order valence-electron chi connectivity index (χ4n) is 3.01. The molecule has 0 saturated carbocycles. The lowest BCUT2D eigenvalue weighted by Crippen LogP contribution is -2.42. The molecular formula is C15H25N3O2S. The highest BCUT2D eigenvalue weighted by Gasteiger charge is 2.26. The van der Waals surface area contributed by atoms with Gasteiger partial charge >= 0.3 is 0 Å².